The van der Waals surface area contributed by atoms with Crippen molar-refractivity contribution in [1.29, 1.82) is 0 Å². The van der Waals surface area contributed by atoms with E-state index < -0.39 is 5.97 Å². The van der Waals surface area contributed by atoms with Gasteiger partial charge in [0, 0.05) is 23.5 Å². The number of carbonyl (C=O) groups is 1. The van der Waals surface area contributed by atoms with Crippen molar-refractivity contribution in [2.24, 2.45) is 0 Å². The molecule has 0 amide bonds. The maximum Gasteiger partial charge on any atom is 0.339 e. The van der Waals surface area contributed by atoms with Gasteiger partial charge in [0.25, 0.3) is 0 Å². The van der Waals surface area contributed by atoms with Crippen LogP contribution in [0.5, 0.6) is 23.0 Å². The molecule has 0 saturated carbocycles. The lowest BCUT2D eigenvalue weighted by atomic mass is 10.1. The first-order chi connectivity index (χ1) is 15.1. The molecule has 1 aromatic heterocycles. The fourth-order valence-electron chi connectivity index (χ4n) is 3.32. The zero-order valence-corrected chi connectivity index (χ0v) is 17.6. The first kappa shape index (κ1) is 20.8. The molecule has 0 unspecified atom stereocenters. The van der Waals surface area contributed by atoms with Crippen LogP contribution in [0.4, 0.5) is 0 Å². The Labute approximate surface area is 183 Å². The average Bonchev–Trinajstić information content (AvgIpc) is 2.78. The molecule has 6 nitrogen and oxygen atoms in total. The largest absolute Gasteiger partial charge is 0.493 e. The highest BCUT2D eigenvalue weighted by Crippen LogP contribution is 2.38. The Bertz CT molecular complexity index is 1260. The molecule has 0 atom stereocenters. The highest BCUT2D eigenvalue weighted by molar-refractivity contribution is 6.17. The van der Waals surface area contributed by atoms with Crippen molar-refractivity contribution in [3.63, 3.8) is 0 Å². The van der Waals surface area contributed by atoms with Crippen LogP contribution in [0, 0.1) is 0 Å². The van der Waals surface area contributed by atoms with E-state index in [2.05, 4.69) is 4.98 Å². The van der Waals surface area contributed by atoms with Gasteiger partial charge in [-0.05, 0) is 41.5 Å². The molecule has 3 aromatic carbocycles. The van der Waals surface area contributed by atoms with E-state index in [0.717, 1.165) is 10.8 Å². The number of nitrogens with zero attached hydrogens (tertiary/aromatic N) is 1. The number of benzene rings is 3. The van der Waals surface area contributed by atoms with Gasteiger partial charge in [-0.25, -0.2) is 4.79 Å². The van der Waals surface area contributed by atoms with Crippen LogP contribution in [0.15, 0.2) is 60.8 Å². The third kappa shape index (κ3) is 4.34. The van der Waals surface area contributed by atoms with Crippen molar-refractivity contribution in [1.82, 2.24) is 4.98 Å². The summed E-state index contributed by atoms with van der Waals surface area (Å²) in [5, 5.41) is 12.1. The number of ether oxygens (including phenoxy) is 3. The van der Waals surface area contributed by atoms with Crippen LogP contribution < -0.4 is 14.2 Å². The lowest BCUT2D eigenvalue weighted by Crippen LogP contribution is -2.02. The zero-order valence-electron chi connectivity index (χ0n) is 16.8. The summed E-state index contributed by atoms with van der Waals surface area (Å²) in [6, 6.07) is 16.1. The first-order valence-electron chi connectivity index (χ1n) is 9.70. The molecule has 0 aliphatic heterocycles. The molecule has 0 spiro atoms. The molecular formula is C24H20ClNO5. The molecule has 1 N–H and O–H groups in total. The van der Waals surface area contributed by atoms with E-state index in [4.69, 9.17) is 25.8 Å². The van der Waals surface area contributed by atoms with Gasteiger partial charge in [0.15, 0.2) is 11.5 Å². The first-order valence-corrected chi connectivity index (χ1v) is 10.2. The average molecular weight is 438 g/mol. The quantitative estimate of drug-likeness (QED) is 0.273. The molecule has 7 heteroatoms. The Morgan fingerprint density at radius 1 is 1.00 bits per heavy atom. The minimum absolute atomic E-state index is 0.0802. The number of rotatable bonds is 8. The number of hydrogen-bond donors (Lipinski definition) is 1. The van der Waals surface area contributed by atoms with Gasteiger partial charge >= 0.3 is 5.97 Å². The number of aromatic carboxylic acids is 1. The van der Waals surface area contributed by atoms with Gasteiger partial charge in [0.05, 0.1) is 19.2 Å². The molecule has 0 aliphatic carbocycles. The molecule has 158 valence electrons. The number of fused-ring (bicyclic) bond motifs is 2. The number of methoxy groups -OCH3 is 1. The Hall–Kier alpha value is -3.51. The summed E-state index contributed by atoms with van der Waals surface area (Å²) in [5.74, 6) is 1.24. The summed E-state index contributed by atoms with van der Waals surface area (Å²) in [5.41, 5.74) is 0.716. The van der Waals surface area contributed by atoms with Crippen LogP contribution in [0.1, 0.15) is 16.8 Å². The molecule has 4 rings (SSSR count). The maximum absolute atomic E-state index is 11.9. The number of carboxylic acids is 1. The molecule has 1 heterocycles. The second kappa shape index (κ2) is 9.10. The minimum atomic E-state index is -1.06. The number of aromatic nitrogens is 1. The normalized spacial score (nSPS) is 10.9. The van der Waals surface area contributed by atoms with E-state index in [-0.39, 0.29) is 11.3 Å². The van der Waals surface area contributed by atoms with E-state index in [1.54, 1.807) is 43.6 Å². The highest BCUT2D eigenvalue weighted by atomic mass is 35.5. The van der Waals surface area contributed by atoms with Crippen molar-refractivity contribution < 1.29 is 24.1 Å². The van der Waals surface area contributed by atoms with Gasteiger partial charge in [-0.2, -0.15) is 0 Å². The summed E-state index contributed by atoms with van der Waals surface area (Å²) in [6.07, 6.45) is 2.31. The van der Waals surface area contributed by atoms with Crippen LogP contribution in [0.25, 0.3) is 21.7 Å². The van der Waals surface area contributed by atoms with Crippen LogP contribution in [0.2, 0.25) is 0 Å². The monoisotopic (exact) mass is 437 g/mol. The third-order valence-corrected chi connectivity index (χ3v) is 5.09. The molecule has 0 fully saturated rings. The zero-order chi connectivity index (χ0) is 21.8. The number of halogens is 1. The fraction of sp³-hybridized carbons (Fsp3) is 0.167. The Morgan fingerprint density at radius 3 is 2.48 bits per heavy atom. The molecule has 0 bridgehead atoms. The van der Waals surface area contributed by atoms with Crippen LogP contribution in [0.3, 0.4) is 0 Å². The molecule has 0 radical (unpaired) electrons. The number of hydrogen-bond acceptors (Lipinski definition) is 5. The Morgan fingerprint density at radius 2 is 1.77 bits per heavy atom. The molecular weight excluding hydrogens is 418 g/mol. The maximum atomic E-state index is 11.9. The standard InChI is InChI=1S/C24H20ClNO5/c1-29-22-13-17-19(14-23(22)30-10-4-8-25)26-9-7-20(17)31-21-12-16-6-3-2-5-15(16)11-18(21)24(27)28/h2-3,5-7,9,11-14H,4,8,10H2,1H3,(H,27,28). The Balaban J connectivity index is 1.78. The molecule has 0 aliphatic rings. The fourth-order valence-corrected chi connectivity index (χ4v) is 3.42. The minimum Gasteiger partial charge on any atom is -0.493 e. The van der Waals surface area contributed by atoms with Crippen molar-refractivity contribution >= 4 is 39.2 Å². The topological polar surface area (TPSA) is 77.9 Å². The summed E-state index contributed by atoms with van der Waals surface area (Å²) in [4.78, 5) is 16.2. The van der Waals surface area contributed by atoms with Crippen LogP contribution in [-0.2, 0) is 0 Å². The van der Waals surface area contributed by atoms with E-state index in [1.807, 2.05) is 24.3 Å². The van der Waals surface area contributed by atoms with Crippen molar-refractivity contribution in [2.75, 3.05) is 19.6 Å². The SMILES string of the molecule is COc1cc2c(Oc3cc4ccccc4cc3C(=O)O)ccnc2cc1OCCCCl. The van der Waals surface area contributed by atoms with Crippen LogP contribution in [-0.4, -0.2) is 35.7 Å². The lowest BCUT2D eigenvalue weighted by molar-refractivity contribution is 0.0694. The third-order valence-electron chi connectivity index (χ3n) is 4.82. The number of carboxylic acid groups (broad SMARTS) is 1. The lowest BCUT2D eigenvalue weighted by Gasteiger charge is -2.15. The van der Waals surface area contributed by atoms with Crippen molar-refractivity contribution in [3.05, 3.63) is 66.4 Å². The van der Waals surface area contributed by atoms with Gasteiger partial charge in [0.1, 0.15) is 17.1 Å². The molecule has 31 heavy (non-hydrogen) atoms. The number of alkyl halides is 1. The van der Waals surface area contributed by atoms with Gasteiger partial charge in [0.2, 0.25) is 0 Å². The second-order valence-electron chi connectivity index (χ2n) is 6.82. The number of pyridine rings is 1. The van der Waals surface area contributed by atoms with Crippen molar-refractivity contribution in [2.45, 2.75) is 6.42 Å². The van der Waals surface area contributed by atoms with Gasteiger partial charge in [-0.1, -0.05) is 24.3 Å². The summed E-state index contributed by atoms with van der Waals surface area (Å²) >= 11 is 5.72. The van der Waals surface area contributed by atoms with Crippen molar-refractivity contribution in [3.8, 4) is 23.0 Å². The Kier molecular flexibility index (Phi) is 6.09. The predicted octanol–water partition coefficient (Wildman–Crippen LogP) is 5.89. The van der Waals surface area contributed by atoms with Gasteiger partial charge in [-0.3, -0.25) is 4.98 Å². The van der Waals surface area contributed by atoms with Crippen LogP contribution >= 0.6 is 11.6 Å². The second-order valence-corrected chi connectivity index (χ2v) is 7.20. The van der Waals surface area contributed by atoms with E-state index in [9.17, 15) is 9.90 Å². The summed E-state index contributed by atoms with van der Waals surface area (Å²) < 4.78 is 17.3. The highest BCUT2D eigenvalue weighted by Gasteiger charge is 2.17. The van der Waals surface area contributed by atoms with E-state index in [0.29, 0.717) is 47.1 Å². The summed E-state index contributed by atoms with van der Waals surface area (Å²) in [6.45, 7) is 0.459. The van der Waals surface area contributed by atoms with Gasteiger partial charge < -0.3 is 19.3 Å². The smallest absolute Gasteiger partial charge is 0.339 e. The van der Waals surface area contributed by atoms with E-state index in [1.165, 1.54) is 0 Å². The molecule has 4 aromatic rings. The van der Waals surface area contributed by atoms with Gasteiger partial charge in [-0.15, -0.1) is 11.6 Å². The predicted molar refractivity (Wildman–Crippen MR) is 120 cm³/mol. The molecule has 0 saturated heterocycles. The van der Waals surface area contributed by atoms with E-state index >= 15 is 0 Å². The summed E-state index contributed by atoms with van der Waals surface area (Å²) in [7, 11) is 1.55.